The number of carbonyl (C=O) groups is 2. The molecular weight excluding hydrogens is 338 g/mol. The Bertz CT molecular complexity index is 713. The summed E-state index contributed by atoms with van der Waals surface area (Å²) in [6.07, 6.45) is 3.11. The van der Waals surface area contributed by atoms with Gasteiger partial charge in [0.15, 0.2) is 0 Å². The van der Waals surface area contributed by atoms with E-state index in [1.807, 2.05) is 35.2 Å². The molecule has 3 rings (SSSR count). The van der Waals surface area contributed by atoms with Crippen LogP contribution < -0.4 is 0 Å². The second-order valence-electron chi connectivity index (χ2n) is 6.10. The smallest absolute Gasteiger partial charge is 0.230 e. The zero-order valence-corrected chi connectivity index (χ0v) is 14.6. The molecule has 2 aromatic rings. The Morgan fingerprint density at radius 3 is 2.44 bits per heavy atom. The monoisotopic (exact) mass is 357 g/mol. The molecule has 25 heavy (non-hydrogen) atoms. The molecule has 1 aliphatic heterocycles. The number of aromatic nitrogens is 1. The van der Waals surface area contributed by atoms with E-state index in [0.717, 1.165) is 17.7 Å². The van der Waals surface area contributed by atoms with Gasteiger partial charge >= 0.3 is 0 Å². The maximum absolute atomic E-state index is 13.1. The van der Waals surface area contributed by atoms with Crippen molar-refractivity contribution < 1.29 is 9.59 Å². The summed E-state index contributed by atoms with van der Waals surface area (Å²) in [5.41, 5.74) is 1.81. The van der Waals surface area contributed by atoms with Crippen LogP contribution in [0.4, 0.5) is 0 Å². The second kappa shape index (κ2) is 8.12. The highest BCUT2D eigenvalue weighted by atomic mass is 35.5. The molecule has 0 bridgehead atoms. The fraction of sp³-hybridized carbons (Fsp3) is 0.316. The van der Waals surface area contributed by atoms with Gasteiger partial charge in [-0.1, -0.05) is 29.8 Å². The topological polar surface area (TPSA) is 53.5 Å². The van der Waals surface area contributed by atoms with E-state index in [2.05, 4.69) is 4.98 Å². The molecule has 2 heterocycles. The van der Waals surface area contributed by atoms with Crippen LogP contribution in [-0.4, -0.2) is 53.3 Å². The number of amides is 2. The van der Waals surface area contributed by atoms with Crippen molar-refractivity contribution in [3.8, 4) is 0 Å². The van der Waals surface area contributed by atoms with E-state index in [-0.39, 0.29) is 11.8 Å². The number of pyridine rings is 1. The van der Waals surface area contributed by atoms with Crippen molar-refractivity contribution in [2.45, 2.75) is 12.3 Å². The number of carbonyl (C=O) groups excluding carboxylic acids is 2. The van der Waals surface area contributed by atoms with Crippen molar-refractivity contribution >= 4 is 23.9 Å². The highest BCUT2D eigenvalue weighted by molar-refractivity contribution is 6.30. The van der Waals surface area contributed by atoms with Crippen molar-refractivity contribution in [2.75, 3.05) is 26.2 Å². The predicted molar refractivity (Wildman–Crippen MR) is 96.4 cm³/mol. The number of piperazine rings is 1. The molecule has 1 aliphatic rings. The van der Waals surface area contributed by atoms with Crippen molar-refractivity contribution in [2.24, 2.45) is 0 Å². The van der Waals surface area contributed by atoms with Gasteiger partial charge in [-0.05, 0) is 29.8 Å². The molecular formula is C19H20ClN3O2. The summed E-state index contributed by atoms with van der Waals surface area (Å²) >= 11 is 5.99. The molecule has 5 nitrogen and oxygen atoms in total. The van der Waals surface area contributed by atoms with Gasteiger partial charge in [0.2, 0.25) is 12.3 Å². The van der Waals surface area contributed by atoms with E-state index in [1.54, 1.807) is 23.2 Å². The van der Waals surface area contributed by atoms with E-state index in [9.17, 15) is 9.59 Å². The summed E-state index contributed by atoms with van der Waals surface area (Å²) in [5.74, 6) is -0.242. The molecule has 0 N–H and O–H groups in total. The minimum absolute atomic E-state index is 0.0681. The van der Waals surface area contributed by atoms with Gasteiger partial charge in [0.1, 0.15) is 0 Å². The maximum Gasteiger partial charge on any atom is 0.230 e. The molecule has 130 valence electrons. The molecule has 6 heteroatoms. The summed E-state index contributed by atoms with van der Waals surface area (Å²) in [4.78, 5) is 31.9. The molecule has 1 aromatic heterocycles. The number of hydrogen-bond donors (Lipinski definition) is 0. The van der Waals surface area contributed by atoms with Crippen molar-refractivity contribution in [1.82, 2.24) is 14.8 Å². The minimum Gasteiger partial charge on any atom is -0.342 e. The van der Waals surface area contributed by atoms with E-state index >= 15 is 0 Å². The highest BCUT2D eigenvalue weighted by Gasteiger charge is 2.28. The molecule has 1 atom stereocenters. The van der Waals surface area contributed by atoms with Crippen LogP contribution in [0.1, 0.15) is 17.2 Å². The zero-order chi connectivity index (χ0) is 17.6. The molecule has 0 saturated carbocycles. The number of hydrogen-bond acceptors (Lipinski definition) is 3. The zero-order valence-electron chi connectivity index (χ0n) is 13.8. The lowest BCUT2D eigenvalue weighted by molar-refractivity contribution is -0.136. The fourth-order valence-corrected chi connectivity index (χ4v) is 3.16. The van der Waals surface area contributed by atoms with Crippen LogP contribution in [0.25, 0.3) is 0 Å². The Balaban J connectivity index is 1.81. The van der Waals surface area contributed by atoms with E-state index in [1.165, 1.54) is 0 Å². The van der Waals surface area contributed by atoms with Gasteiger partial charge in [-0.3, -0.25) is 14.6 Å². The van der Waals surface area contributed by atoms with E-state index < -0.39 is 0 Å². The Kier molecular flexibility index (Phi) is 5.66. The van der Waals surface area contributed by atoms with Crippen molar-refractivity contribution in [1.29, 1.82) is 0 Å². The van der Waals surface area contributed by atoms with Crippen LogP contribution in [-0.2, 0) is 16.0 Å². The second-order valence-corrected chi connectivity index (χ2v) is 6.53. The van der Waals surface area contributed by atoms with Gasteiger partial charge in [-0.15, -0.1) is 0 Å². The average Bonchev–Trinajstić information content (AvgIpc) is 2.67. The van der Waals surface area contributed by atoms with Crippen LogP contribution in [0.3, 0.4) is 0 Å². The molecule has 0 aliphatic carbocycles. The summed E-state index contributed by atoms with van der Waals surface area (Å²) in [5, 5.41) is 0.646. The van der Waals surface area contributed by atoms with Gasteiger partial charge in [0, 0.05) is 49.5 Å². The summed E-state index contributed by atoms with van der Waals surface area (Å²) in [6, 6.07) is 13.1. The highest BCUT2D eigenvalue weighted by Crippen LogP contribution is 2.25. The third-order valence-electron chi connectivity index (χ3n) is 4.48. The lowest BCUT2D eigenvalue weighted by atomic mass is 9.92. The van der Waals surface area contributed by atoms with Gasteiger partial charge in [-0.2, -0.15) is 0 Å². The number of halogens is 1. The molecule has 0 radical (unpaired) electrons. The minimum atomic E-state index is -0.310. The third-order valence-corrected chi connectivity index (χ3v) is 4.74. The third kappa shape index (κ3) is 4.37. The van der Waals surface area contributed by atoms with Crippen molar-refractivity contribution in [3.63, 3.8) is 0 Å². The Labute approximate surface area is 152 Å². The van der Waals surface area contributed by atoms with Crippen LogP contribution >= 0.6 is 11.6 Å². The van der Waals surface area contributed by atoms with Gasteiger partial charge in [0.05, 0.1) is 5.92 Å². The first-order chi connectivity index (χ1) is 12.2. The van der Waals surface area contributed by atoms with Crippen LogP contribution in [0.2, 0.25) is 5.02 Å². The SMILES string of the molecule is O=CN1CCN(C(=O)C(Cc2ccccn2)c2ccc(Cl)cc2)CC1. The van der Waals surface area contributed by atoms with Gasteiger partial charge in [-0.25, -0.2) is 0 Å². The molecule has 1 unspecified atom stereocenters. The summed E-state index contributed by atoms with van der Waals surface area (Å²) < 4.78 is 0. The van der Waals surface area contributed by atoms with Gasteiger partial charge < -0.3 is 9.80 Å². The molecule has 0 spiro atoms. The normalized spacial score (nSPS) is 15.7. The first-order valence-corrected chi connectivity index (χ1v) is 8.68. The maximum atomic E-state index is 13.1. The summed E-state index contributed by atoms with van der Waals surface area (Å²) in [6.45, 7) is 2.27. The van der Waals surface area contributed by atoms with Crippen molar-refractivity contribution in [3.05, 3.63) is 64.9 Å². The quantitative estimate of drug-likeness (QED) is 0.772. The largest absolute Gasteiger partial charge is 0.342 e. The lowest BCUT2D eigenvalue weighted by Gasteiger charge is -2.34. The molecule has 1 saturated heterocycles. The molecule has 1 aromatic carbocycles. The number of rotatable bonds is 5. The Hall–Kier alpha value is -2.40. The Morgan fingerprint density at radius 1 is 1.12 bits per heavy atom. The number of benzene rings is 1. The van der Waals surface area contributed by atoms with Crippen LogP contribution in [0, 0.1) is 0 Å². The predicted octanol–water partition coefficient (Wildman–Crippen LogP) is 2.36. The van der Waals surface area contributed by atoms with E-state index in [0.29, 0.717) is 37.6 Å². The van der Waals surface area contributed by atoms with Crippen LogP contribution in [0.5, 0.6) is 0 Å². The first-order valence-electron chi connectivity index (χ1n) is 8.31. The standard InChI is InChI=1S/C19H20ClN3O2/c20-16-6-4-15(5-7-16)18(13-17-3-1-2-8-21-17)19(25)23-11-9-22(14-24)10-12-23/h1-8,14,18H,9-13H2. The Morgan fingerprint density at radius 2 is 1.84 bits per heavy atom. The molecule has 1 fully saturated rings. The van der Waals surface area contributed by atoms with E-state index in [4.69, 9.17) is 11.6 Å². The lowest BCUT2D eigenvalue weighted by Crippen LogP contribution is -2.49. The van der Waals surface area contributed by atoms with Gasteiger partial charge in [0.25, 0.3) is 0 Å². The fourth-order valence-electron chi connectivity index (χ4n) is 3.04. The average molecular weight is 358 g/mol. The number of nitrogens with zero attached hydrogens (tertiary/aromatic N) is 3. The first kappa shape index (κ1) is 17.4. The summed E-state index contributed by atoms with van der Waals surface area (Å²) in [7, 11) is 0. The van der Waals surface area contributed by atoms with Crippen LogP contribution in [0.15, 0.2) is 48.7 Å². The molecule has 2 amide bonds.